The fourth-order valence-corrected chi connectivity index (χ4v) is 2.96. The van der Waals surface area contributed by atoms with Crippen molar-refractivity contribution >= 4 is 36.5 Å². The molecule has 2 rings (SSSR count). The largest absolute Gasteiger partial charge is 0.494 e. The first-order chi connectivity index (χ1) is 14.0. The van der Waals surface area contributed by atoms with E-state index in [0.717, 1.165) is 61.5 Å². The summed E-state index contributed by atoms with van der Waals surface area (Å²) >= 11 is 0. The van der Waals surface area contributed by atoms with Crippen molar-refractivity contribution in [3.63, 3.8) is 0 Å². The monoisotopic (exact) mass is 468 g/mol. The molecule has 0 aliphatic rings. The van der Waals surface area contributed by atoms with Crippen LogP contribution in [0.2, 0.25) is 0 Å². The topological polar surface area (TPSA) is 118 Å². The Morgan fingerprint density at radius 1 is 0.581 bits per heavy atom. The van der Waals surface area contributed by atoms with Crippen molar-refractivity contribution in [1.82, 2.24) is 0 Å². The van der Waals surface area contributed by atoms with Crippen LogP contribution in [0.5, 0.6) is 11.5 Å². The van der Waals surface area contributed by atoms with Gasteiger partial charge in [0.25, 0.3) is 0 Å². The van der Waals surface area contributed by atoms with Gasteiger partial charge in [-0.25, -0.2) is 0 Å². The van der Waals surface area contributed by atoms with E-state index in [1.54, 1.807) is 0 Å². The van der Waals surface area contributed by atoms with Crippen LogP contribution in [0, 0.1) is 10.8 Å². The molecule has 0 aliphatic carbocycles. The van der Waals surface area contributed by atoms with Gasteiger partial charge in [0.2, 0.25) is 0 Å². The molecule has 8 heteroatoms. The van der Waals surface area contributed by atoms with Crippen LogP contribution in [-0.4, -0.2) is 24.9 Å². The molecule has 0 bridgehead atoms. The van der Waals surface area contributed by atoms with Gasteiger partial charge in [-0.1, -0.05) is 43.5 Å². The molecule has 0 heterocycles. The molecule has 0 spiro atoms. The normalized spacial score (nSPS) is 9.81. The van der Waals surface area contributed by atoms with Gasteiger partial charge in [0, 0.05) is 12.8 Å². The van der Waals surface area contributed by atoms with Crippen molar-refractivity contribution in [2.75, 3.05) is 13.2 Å². The van der Waals surface area contributed by atoms with E-state index in [2.05, 4.69) is 0 Å². The van der Waals surface area contributed by atoms with Crippen LogP contribution in [0.25, 0.3) is 0 Å². The van der Waals surface area contributed by atoms with E-state index >= 15 is 0 Å². The van der Waals surface area contributed by atoms with Gasteiger partial charge in [0.15, 0.2) is 0 Å². The number of nitrogens with one attached hydrogen (secondary N) is 2. The van der Waals surface area contributed by atoms with E-state index in [0.29, 0.717) is 12.8 Å². The van der Waals surface area contributed by atoms with E-state index in [1.807, 2.05) is 48.5 Å². The predicted octanol–water partition coefficient (Wildman–Crippen LogP) is 4.90. The fourth-order valence-electron chi connectivity index (χ4n) is 2.96. The second-order valence-corrected chi connectivity index (χ2v) is 7.16. The van der Waals surface area contributed by atoms with Crippen LogP contribution >= 0.6 is 24.8 Å². The third-order valence-corrected chi connectivity index (χ3v) is 4.46. The van der Waals surface area contributed by atoms with E-state index in [1.165, 1.54) is 6.42 Å². The zero-order valence-corrected chi connectivity index (χ0v) is 19.4. The van der Waals surface area contributed by atoms with Gasteiger partial charge in [-0.3, -0.25) is 10.8 Å². The highest BCUT2D eigenvalue weighted by Crippen LogP contribution is 2.15. The molecule has 0 amide bonds. The summed E-state index contributed by atoms with van der Waals surface area (Å²) in [6.07, 6.45) is 6.48. The maximum atomic E-state index is 7.30. The first-order valence-corrected chi connectivity index (χ1v) is 10.1. The average molecular weight is 469 g/mol. The molecule has 6 N–H and O–H groups in total. The molecule has 0 radical (unpaired) electrons. The van der Waals surface area contributed by atoms with E-state index in [9.17, 15) is 0 Å². The number of ether oxygens (including phenoxy) is 2. The number of nitrogens with two attached hydrogens (primary N) is 2. The van der Waals surface area contributed by atoms with Crippen molar-refractivity contribution in [1.29, 1.82) is 10.8 Å². The Morgan fingerprint density at radius 3 is 1.23 bits per heavy atom. The molecule has 2 aromatic carbocycles. The Morgan fingerprint density at radius 2 is 0.903 bits per heavy atom. The van der Waals surface area contributed by atoms with Gasteiger partial charge in [-0.2, -0.15) is 0 Å². The summed E-state index contributed by atoms with van der Waals surface area (Å²) in [6.45, 7) is 1.43. The van der Waals surface area contributed by atoms with Crippen molar-refractivity contribution in [2.24, 2.45) is 11.5 Å². The highest BCUT2D eigenvalue weighted by molar-refractivity contribution is 5.85. The van der Waals surface area contributed by atoms with Crippen molar-refractivity contribution in [2.45, 2.75) is 44.9 Å². The summed E-state index contributed by atoms with van der Waals surface area (Å²) in [4.78, 5) is 0. The first kappa shape index (κ1) is 28.6. The molecule has 2 aromatic rings. The van der Waals surface area contributed by atoms with Gasteiger partial charge >= 0.3 is 0 Å². The number of halogens is 2. The lowest BCUT2D eigenvalue weighted by Crippen LogP contribution is -2.12. The van der Waals surface area contributed by atoms with Crippen molar-refractivity contribution in [3.05, 3.63) is 59.7 Å². The molecular formula is C23H34Cl2N4O2. The number of hydrogen-bond donors (Lipinski definition) is 4. The maximum absolute atomic E-state index is 7.30. The van der Waals surface area contributed by atoms with E-state index < -0.39 is 0 Å². The second kappa shape index (κ2) is 16.3. The molecule has 0 atom stereocenters. The van der Waals surface area contributed by atoms with Gasteiger partial charge in [0.05, 0.1) is 24.9 Å². The van der Waals surface area contributed by atoms with Gasteiger partial charge in [-0.15, -0.1) is 24.8 Å². The molecule has 0 unspecified atom stereocenters. The van der Waals surface area contributed by atoms with Gasteiger partial charge < -0.3 is 20.9 Å². The van der Waals surface area contributed by atoms with E-state index in [-0.39, 0.29) is 36.5 Å². The van der Waals surface area contributed by atoms with Crippen LogP contribution in [0.4, 0.5) is 0 Å². The number of unbranched alkanes of at least 4 members (excludes halogenated alkanes) is 4. The molecule has 0 fully saturated rings. The lowest BCUT2D eigenvalue weighted by Gasteiger charge is -2.08. The highest BCUT2D eigenvalue weighted by Gasteiger charge is 1.99. The number of benzene rings is 2. The van der Waals surface area contributed by atoms with Crippen LogP contribution in [-0.2, 0) is 12.8 Å². The molecule has 6 nitrogen and oxygen atoms in total. The third kappa shape index (κ3) is 12.8. The van der Waals surface area contributed by atoms with Gasteiger partial charge in [0.1, 0.15) is 11.5 Å². The average Bonchev–Trinajstić information content (AvgIpc) is 2.68. The van der Waals surface area contributed by atoms with Crippen LogP contribution < -0.4 is 20.9 Å². The Balaban J connectivity index is 0.00000450. The van der Waals surface area contributed by atoms with Gasteiger partial charge in [-0.05, 0) is 48.2 Å². The maximum Gasteiger partial charge on any atom is 0.119 e. The molecular weight excluding hydrogens is 435 g/mol. The van der Waals surface area contributed by atoms with Crippen LogP contribution in [0.15, 0.2) is 48.5 Å². The molecule has 31 heavy (non-hydrogen) atoms. The SMILES string of the molecule is Cl.Cl.N=C(N)Cc1ccc(OCCCCCCCOc2ccc(CC(=N)N)cc2)cc1. The smallest absolute Gasteiger partial charge is 0.119 e. The summed E-state index contributed by atoms with van der Waals surface area (Å²) in [5, 5.41) is 14.6. The summed E-state index contributed by atoms with van der Waals surface area (Å²) in [5.41, 5.74) is 12.9. The summed E-state index contributed by atoms with van der Waals surface area (Å²) in [5.74, 6) is 2.07. The quantitative estimate of drug-likeness (QED) is 0.179. The summed E-state index contributed by atoms with van der Waals surface area (Å²) in [6, 6.07) is 15.5. The predicted molar refractivity (Wildman–Crippen MR) is 133 cm³/mol. The first-order valence-electron chi connectivity index (χ1n) is 10.1. The third-order valence-electron chi connectivity index (χ3n) is 4.46. The number of hydrogen-bond acceptors (Lipinski definition) is 4. The Kier molecular flexibility index (Phi) is 15.0. The Hall–Kier alpha value is -2.44. The lowest BCUT2D eigenvalue weighted by atomic mass is 10.1. The highest BCUT2D eigenvalue weighted by atomic mass is 35.5. The minimum atomic E-state index is 0. The lowest BCUT2D eigenvalue weighted by molar-refractivity contribution is 0.293. The Labute approximate surface area is 197 Å². The zero-order chi connectivity index (χ0) is 20.9. The minimum absolute atomic E-state index is 0. The summed E-state index contributed by atoms with van der Waals surface area (Å²) in [7, 11) is 0. The number of rotatable bonds is 14. The Bertz CT molecular complexity index is 703. The standard InChI is InChI=1S/C23H32N4O2.2ClH/c24-22(25)16-18-6-10-20(11-7-18)28-14-4-2-1-3-5-15-29-21-12-8-19(9-13-21)17-23(26)27;;/h6-13H,1-5,14-17H2,(H3,24,25)(H3,26,27);2*1H. The molecule has 172 valence electrons. The molecule has 0 aliphatic heterocycles. The second-order valence-electron chi connectivity index (χ2n) is 7.16. The molecule has 0 aromatic heterocycles. The van der Waals surface area contributed by atoms with Crippen LogP contribution in [0.1, 0.15) is 43.2 Å². The van der Waals surface area contributed by atoms with Crippen molar-refractivity contribution in [3.8, 4) is 11.5 Å². The molecule has 0 saturated heterocycles. The van der Waals surface area contributed by atoms with E-state index in [4.69, 9.17) is 31.8 Å². The fraction of sp³-hybridized carbons (Fsp3) is 0.391. The zero-order valence-electron chi connectivity index (χ0n) is 17.8. The minimum Gasteiger partial charge on any atom is -0.494 e. The van der Waals surface area contributed by atoms with Crippen LogP contribution in [0.3, 0.4) is 0 Å². The summed E-state index contributed by atoms with van der Waals surface area (Å²) < 4.78 is 11.5. The molecule has 0 saturated carbocycles. The van der Waals surface area contributed by atoms with Crippen molar-refractivity contribution < 1.29 is 9.47 Å². The number of amidine groups is 2.